The molecule has 1 heterocycles. The maximum absolute atomic E-state index is 3.84. The van der Waals surface area contributed by atoms with Crippen molar-refractivity contribution in [2.24, 2.45) is 11.8 Å². The van der Waals surface area contributed by atoms with Crippen LogP contribution in [0.15, 0.2) is 12.7 Å². The second kappa shape index (κ2) is 8.74. The van der Waals surface area contributed by atoms with Crippen LogP contribution in [0.3, 0.4) is 0 Å². The van der Waals surface area contributed by atoms with Gasteiger partial charge in [-0.15, -0.1) is 6.58 Å². The molecule has 3 atom stereocenters. The Morgan fingerprint density at radius 3 is 2.88 bits per heavy atom. The predicted octanol–water partition coefficient (Wildman–Crippen LogP) is 4.54. The van der Waals surface area contributed by atoms with Gasteiger partial charge in [0, 0.05) is 6.04 Å². The Kier molecular flexibility index (Phi) is 7.59. The second-order valence-electron chi connectivity index (χ2n) is 5.71. The molecule has 17 heavy (non-hydrogen) atoms. The summed E-state index contributed by atoms with van der Waals surface area (Å²) in [5.41, 5.74) is 0. The Balaban J connectivity index is 2.30. The summed E-state index contributed by atoms with van der Waals surface area (Å²) in [6.45, 7) is 9.72. The molecule has 0 radical (unpaired) electrons. The maximum atomic E-state index is 3.84. The van der Waals surface area contributed by atoms with Gasteiger partial charge in [-0.25, -0.2) is 0 Å². The van der Waals surface area contributed by atoms with Crippen LogP contribution in [0.5, 0.6) is 0 Å². The summed E-state index contributed by atoms with van der Waals surface area (Å²) >= 11 is 0. The van der Waals surface area contributed by atoms with Crippen LogP contribution in [0.25, 0.3) is 0 Å². The maximum Gasteiger partial charge on any atom is 0.00696 e. The molecule has 100 valence electrons. The highest BCUT2D eigenvalue weighted by atomic mass is 14.9. The first-order chi connectivity index (χ1) is 8.30. The van der Waals surface area contributed by atoms with Crippen molar-refractivity contribution in [3.05, 3.63) is 12.7 Å². The van der Waals surface area contributed by atoms with Crippen molar-refractivity contribution in [1.82, 2.24) is 5.32 Å². The monoisotopic (exact) mass is 237 g/mol. The number of hydrogen-bond donors (Lipinski definition) is 1. The average Bonchev–Trinajstić information content (AvgIpc) is 2.35. The zero-order valence-corrected chi connectivity index (χ0v) is 11.9. The number of hydrogen-bond acceptors (Lipinski definition) is 1. The summed E-state index contributed by atoms with van der Waals surface area (Å²) in [5.74, 6) is 1.90. The van der Waals surface area contributed by atoms with Gasteiger partial charge < -0.3 is 5.32 Å². The Labute approximate surface area is 108 Å². The van der Waals surface area contributed by atoms with Crippen LogP contribution in [-0.4, -0.2) is 12.6 Å². The zero-order valence-electron chi connectivity index (χ0n) is 11.9. The van der Waals surface area contributed by atoms with E-state index in [0.29, 0.717) is 0 Å². The molecule has 0 aliphatic carbocycles. The molecule has 0 aromatic heterocycles. The van der Waals surface area contributed by atoms with Gasteiger partial charge in [-0.05, 0) is 56.9 Å². The van der Waals surface area contributed by atoms with Crippen molar-refractivity contribution < 1.29 is 0 Å². The van der Waals surface area contributed by atoms with E-state index in [0.717, 1.165) is 17.9 Å². The molecule has 0 aromatic rings. The van der Waals surface area contributed by atoms with Gasteiger partial charge in [0.25, 0.3) is 0 Å². The zero-order chi connectivity index (χ0) is 12.5. The molecule has 1 aliphatic heterocycles. The molecular formula is C16H31N. The number of allylic oxidation sites excluding steroid dienone is 1. The van der Waals surface area contributed by atoms with Gasteiger partial charge in [-0.2, -0.15) is 0 Å². The third kappa shape index (κ3) is 5.72. The standard InChI is InChI=1S/C16H31N/c1-4-7-9-14(6-3)12-15-10-11-17-16(13-15)8-5-2/h4,14-17H,1,5-13H2,2-3H3/t14-,15?,16?/m0/s1. The molecule has 0 saturated carbocycles. The summed E-state index contributed by atoms with van der Waals surface area (Å²) in [4.78, 5) is 0. The SMILES string of the molecule is C=CCC[C@H](CC)CC1CCNC(CCC)C1. The lowest BCUT2D eigenvalue weighted by atomic mass is 9.81. The molecule has 1 aliphatic rings. The first kappa shape index (κ1) is 14.8. The first-order valence-electron chi connectivity index (χ1n) is 7.64. The van der Waals surface area contributed by atoms with E-state index in [4.69, 9.17) is 0 Å². The Bertz CT molecular complexity index is 198. The van der Waals surface area contributed by atoms with Crippen molar-refractivity contribution >= 4 is 0 Å². The van der Waals surface area contributed by atoms with Crippen molar-refractivity contribution in [1.29, 1.82) is 0 Å². The van der Waals surface area contributed by atoms with Crippen molar-refractivity contribution in [3.63, 3.8) is 0 Å². The van der Waals surface area contributed by atoms with E-state index < -0.39 is 0 Å². The van der Waals surface area contributed by atoms with Gasteiger partial charge in [0.05, 0.1) is 0 Å². The quantitative estimate of drug-likeness (QED) is 0.611. The molecule has 1 nitrogen and oxygen atoms in total. The van der Waals surface area contributed by atoms with Gasteiger partial charge in [0.15, 0.2) is 0 Å². The summed E-state index contributed by atoms with van der Waals surface area (Å²) in [5, 5.41) is 3.67. The molecule has 1 heteroatoms. The fourth-order valence-electron chi connectivity index (χ4n) is 3.19. The predicted molar refractivity (Wildman–Crippen MR) is 77.3 cm³/mol. The lowest BCUT2D eigenvalue weighted by Gasteiger charge is -2.32. The topological polar surface area (TPSA) is 12.0 Å². The molecular weight excluding hydrogens is 206 g/mol. The van der Waals surface area contributed by atoms with Gasteiger partial charge in [-0.3, -0.25) is 0 Å². The molecule has 1 rings (SSSR count). The third-order valence-electron chi connectivity index (χ3n) is 4.26. The van der Waals surface area contributed by atoms with Crippen molar-refractivity contribution in [2.45, 2.75) is 71.3 Å². The lowest BCUT2D eigenvalue weighted by molar-refractivity contribution is 0.238. The highest BCUT2D eigenvalue weighted by Crippen LogP contribution is 2.29. The van der Waals surface area contributed by atoms with Gasteiger partial charge in [0.1, 0.15) is 0 Å². The van der Waals surface area contributed by atoms with Crippen LogP contribution < -0.4 is 5.32 Å². The summed E-state index contributed by atoms with van der Waals surface area (Å²) in [6, 6.07) is 0.802. The van der Waals surface area contributed by atoms with Crippen LogP contribution in [0.2, 0.25) is 0 Å². The van der Waals surface area contributed by atoms with Crippen LogP contribution >= 0.6 is 0 Å². The Morgan fingerprint density at radius 1 is 1.41 bits per heavy atom. The molecule has 1 fully saturated rings. The molecule has 1 saturated heterocycles. The van der Waals surface area contributed by atoms with E-state index in [-0.39, 0.29) is 0 Å². The smallest absolute Gasteiger partial charge is 0.00696 e. The third-order valence-corrected chi connectivity index (χ3v) is 4.26. The van der Waals surface area contributed by atoms with Crippen LogP contribution in [0, 0.1) is 11.8 Å². The normalized spacial score (nSPS) is 26.7. The largest absolute Gasteiger partial charge is 0.314 e. The summed E-state index contributed by atoms with van der Waals surface area (Å²) in [6.07, 6.45) is 12.9. The summed E-state index contributed by atoms with van der Waals surface area (Å²) in [7, 11) is 0. The highest BCUT2D eigenvalue weighted by molar-refractivity contribution is 4.80. The van der Waals surface area contributed by atoms with E-state index in [2.05, 4.69) is 31.8 Å². The summed E-state index contributed by atoms with van der Waals surface area (Å²) < 4.78 is 0. The fraction of sp³-hybridized carbons (Fsp3) is 0.875. The minimum atomic E-state index is 0.802. The second-order valence-corrected chi connectivity index (χ2v) is 5.71. The fourth-order valence-corrected chi connectivity index (χ4v) is 3.19. The average molecular weight is 237 g/mol. The van der Waals surface area contributed by atoms with Gasteiger partial charge in [-0.1, -0.05) is 32.8 Å². The highest BCUT2D eigenvalue weighted by Gasteiger charge is 2.22. The molecule has 0 aromatic carbocycles. The van der Waals surface area contributed by atoms with Crippen LogP contribution in [0.4, 0.5) is 0 Å². The van der Waals surface area contributed by atoms with Crippen molar-refractivity contribution in [2.75, 3.05) is 6.54 Å². The molecule has 0 spiro atoms. The lowest BCUT2D eigenvalue weighted by Crippen LogP contribution is -2.38. The Hall–Kier alpha value is -0.300. The first-order valence-corrected chi connectivity index (χ1v) is 7.64. The van der Waals surface area contributed by atoms with Gasteiger partial charge in [0.2, 0.25) is 0 Å². The van der Waals surface area contributed by atoms with E-state index >= 15 is 0 Å². The minimum Gasteiger partial charge on any atom is -0.314 e. The number of rotatable bonds is 8. The molecule has 0 amide bonds. The van der Waals surface area contributed by atoms with E-state index in [1.54, 1.807) is 0 Å². The van der Waals surface area contributed by atoms with Crippen molar-refractivity contribution in [3.8, 4) is 0 Å². The van der Waals surface area contributed by atoms with E-state index in [9.17, 15) is 0 Å². The van der Waals surface area contributed by atoms with Gasteiger partial charge >= 0.3 is 0 Å². The molecule has 2 unspecified atom stereocenters. The molecule has 0 bridgehead atoms. The van der Waals surface area contributed by atoms with Crippen LogP contribution in [-0.2, 0) is 0 Å². The number of nitrogens with one attached hydrogen (secondary N) is 1. The molecule has 1 N–H and O–H groups in total. The van der Waals surface area contributed by atoms with E-state index in [1.165, 1.54) is 57.9 Å². The number of piperidine rings is 1. The van der Waals surface area contributed by atoms with Crippen LogP contribution in [0.1, 0.15) is 65.2 Å². The Morgan fingerprint density at radius 2 is 2.24 bits per heavy atom. The minimum absolute atomic E-state index is 0.802. The van der Waals surface area contributed by atoms with E-state index in [1.807, 2.05) is 0 Å².